The molecule has 17 heavy (non-hydrogen) atoms. The number of rotatable bonds is 2. The van der Waals surface area contributed by atoms with Crippen molar-refractivity contribution in [2.24, 2.45) is 0 Å². The van der Waals surface area contributed by atoms with Crippen LogP contribution in [0.4, 0.5) is 0 Å². The van der Waals surface area contributed by atoms with Crippen molar-refractivity contribution in [3.63, 3.8) is 0 Å². The molecule has 2 rings (SSSR count). The summed E-state index contributed by atoms with van der Waals surface area (Å²) in [7, 11) is 0. The number of carbonyl (C=O) groups is 2. The van der Waals surface area contributed by atoms with Crippen LogP contribution >= 0.6 is 0 Å². The van der Waals surface area contributed by atoms with Gasteiger partial charge in [0.2, 0.25) is 0 Å². The van der Waals surface area contributed by atoms with E-state index in [1.807, 2.05) is 0 Å². The number of aromatic nitrogens is 2. The Hall–Kier alpha value is -1.98. The summed E-state index contributed by atoms with van der Waals surface area (Å²) in [6, 6.07) is 6.08. The third kappa shape index (κ3) is 5.05. The van der Waals surface area contributed by atoms with E-state index in [0.717, 1.165) is 0 Å². The van der Waals surface area contributed by atoms with Crippen LogP contribution in [0.1, 0.15) is 21.0 Å². The molecule has 0 saturated carbocycles. The molecule has 0 saturated heterocycles. The van der Waals surface area contributed by atoms with Crippen LogP contribution in [0.3, 0.4) is 0 Å². The van der Waals surface area contributed by atoms with Crippen molar-refractivity contribution in [2.45, 2.75) is 0 Å². The van der Waals surface area contributed by atoms with Gasteiger partial charge in [0.15, 0.2) is 0 Å². The molecule has 0 aromatic carbocycles. The quantitative estimate of drug-likeness (QED) is 0.667. The van der Waals surface area contributed by atoms with Crippen molar-refractivity contribution < 1.29 is 36.9 Å². The Morgan fingerprint density at radius 1 is 0.882 bits per heavy atom. The summed E-state index contributed by atoms with van der Waals surface area (Å²) in [6.07, 6.45) is 3.07. The van der Waals surface area contributed by atoms with E-state index in [-0.39, 0.29) is 28.5 Å². The third-order valence-electron chi connectivity index (χ3n) is 1.64. The van der Waals surface area contributed by atoms with Crippen molar-refractivity contribution in [3.8, 4) is 0 Å². The van der Waals surface area contributed by atoms with Crippen LogP contribution in [0.5, 0.6) is 0 Å². The number of carboxylic acids is 2. The van der Waals surface area contributed by atoms with Crippen LogP contribution in [0.25, 0.3) is 0 Å². The first-order valence-corrected chi connectivity index (χ1v) is 4.30. The number of aromatic amines is 2. The number of carboxylic acid groups (broad SMARTS) is 2. The first-order chi connectivity index (χ1) is 7.61. The zero-order chi connectivity index (χ0) is 12.0. The summed E-state index contributed by atoms with van der Waals surface area (Å²) in [4.78, 5) is 24.8. The molecule has 0 aliphatic heterocycles. The second kappa shape index (κ2) is 7.32. The predicted molar refractivity (Wildman–Crippen MR) is 50.2 cm³/mol. The first kappa shape index (κ1) is 15.0. The maximum atomic E-state index is 9.92. The van der Waals surface area contributed by atoms with Crippen molar-refractivity contribution in [2.75, 3.05) is 0 Å². The van der Waals surface area contributed by atoms with Gasteiger partial charge in [-0.1, -0.05) is 0 Å². The van der Waals surface area contributed by atoms with E-state index in [4.69, 9.17) is 0 Å². The van der Waals surface area contributed by atoms with Gasteiger partial charge in [-0.15, -0.1) is 0 Å². The average Bonchev–Trinajstić information content (AvgIpc) is 2.93. The summed E-state index contributed by atoms with van der Waals surface area (Å²) in [5.74, 6) is -2.34. The molecule has 0 fully saturated rings. The van der Waals surface area contributed by atoms with E-state index < -0.39 is 11.9 Å². The Morgan fingerprint density at radius 2 is 1.24 bits per heavy atom. The van der Waals surface area contributed by atoms with Gasteiger partial charge in [0.25, 0.3) is 0 Å². The number of nitrogens with one attached hydrogen (secondary N) is 2. The largest absolute Gasteiger partial charge is 2.00 e. The molecule has 0 bridgehead atoms. The second-order valence-electron chi connectivity index (χ2n) is 2.74. The van der Waals surface area contributed by atoms with E-state index in [1.165, 1.54) is 24.5 Å². The number of hydrogen-bond acceptors (Lipinski definition) is 4. The molecule has 0 spiro atoms. The summed E-state index contributed by atoms with van der Waals surface area (Å²) < 4.78 is 0. The second-order valence-corrected chi connectivity index (χ2v) is 2.74. The fourth-order valence-electron chi connectivity index (χ4n) is 0.915. The zero-order valence-corrected chi connectivity index (χ0v) is 9.55. The molecule has 0 aliphatic rings. The van der Waals surface area contributed by atoms with Gasteiger partial charge in [-0.05, 0) is 24.3 Å². The number of aromatic carboxylic acids is 2. The van der Waals surface area contributed by atoms with Crippen LogP contribution in [0, 0.1) is 0 Å². The zero-order valence-electron chi connectivity index (χ0n) is 8.45. The molecular formula is C10H8FeN2O4. The SMILES string of the molecule is O=C([O-])c1ccc[nH]1.O=C([O-])c1ccc[nH]1.[Fe+2]. The summed E-state index contributed by atoms with van der Waals surface area (Å²) in [6.45, 7) is 0. The van der Waals surface area contributed by atoms with E-state index in [1.54, 1.807) is 12.1 Å². The van der Waals surface area contributed by atoms with Gasteiger partial charge < -0.3 is 29.8 Å². The molecule has 2 aromatic heterocycles. The summed E-state index contributed by atoms with van der Waals surface area (Å²) >= 11 is 0. The Balaban J connectivity index is 0.000000284. The summed E-state index contributed by atoms with van der Waals surface area (Å²) in [5.41, 5.74) is 0.231. The molecule has 90 valence electrons. The summed E-state index contributed by atoms with van der Waals surface area (Å²) in [5, 5.41) is 19.8. The van der Waals surface area contributed by atoms with Crippen molar-refractivity contribution in [3.05, 3.63) is 48.0 Å². The van der Waals surface area contributed by atoms with Crippen LogP contribution < -0.4 is 10.2 Å². The Morgan fingerprint density at radius 3 is 1.35 bits per heavy atom. The number of hydrogen-bond donors (Lipinski definition) is 2. The first-order valence-electron chi connectivity index (χ1n) is 4.30. The normalized spacial score (nSPS) is 8.47. The molecule has 7 heteroatoms. The molecule has 2 N–H and O–H groups in total. The van der Waals surface area contributed by atoms with Crippen LogP contribution in [0.2, 0.25) is 0 Å². The van der Waals surface area contributed by atoms with Crippen LogP contribution in [0.15, 0.2) is 36.7 Å². The van der Waals surface area contributed by atoms with Crippen molar-refractivity contribution in [1.82, 2.24) is 9.97 Å². The topological polar surface area (TPSA) is 112 Å². The Labute approximate surface area is 107 Å². The van der Waals surface area contributed by atoms with Gasteiger partial charge in [0.05, 0.1) is 23.3 Å². The fraction of sp³-hybridized carbons (Fsp3) is 0. The van der Waals surface area contributed by atoms with Crippen LogP contribution in [-0.2, 0) is 17.1 Å². The molecule has 2 aromatic rings. The fourth-order valence-corrected chi connectivity index (χ4v) is 0.915. The molecule has 2 heterocycles. The monoisotopic (exact) mass is 276 g/mol. The standard InChI is InChI=1S/2C5H5NO2.Fe/c2*7-5(8)4-2-1-3-6-4;/h2*1-3,6H,(H,7,8);/q;;+2/p-2. The van der Waals surface area contributed by atoms with Crippen molar-refractivity contribution in [1.29, 1.82) is 0 Å². The smallest absolute Gasteiger partial charge is 0.543 e. The van der Waals surface area contributed by atoms with E-state index in [2.05, 4.69) is 9.97 Å². The Bertz CT molecular complexity index is 406. The molecular weight excluding hydrogens is 268 g/mol. The van der Waals surface area contributed by atoms with Gasteiger partial charge in [-0.3, -0.25) is 0 Å². The minimum Gasteiger partial charge on any atom is -0.543 e. The maximum absolute atomic E-state index is 9.92. The van der Waals surface area contributed by atoms with Gasteiger partial charge in [-0.25, -0.2) is 0 Å². The third-order valence-corrected chi connectivity index (χ3v) is 1.64. The van der Waals surface area contributed by atoms with E-state index in [0.29, 0.717) is 0 Å². The molecule has 6 nitrogen and oxygen atoms in total. The van der Waals surface area contributed by atoms with Crippen LogP contribution in [-0.4, -0.2) is 21.9 Å². The minimum absolute atomic E-state index is 0. The average molecular weight is 276 g/mol. The van der Waals surface area contributed by atoms with Gasteiger partial charge in [0, 0.05) is 12.4 Å². The van der Waals surface area contributed by atoms with Gasteiger partial charge in [-0.2, -0.15) is 0 Å². The van der Waals surface area contributed by atoms with Gasteiger partial charge in [0.1, 0.15) is 0 Å². The van der Waals surface area contributed by atoms with E-state index >= 15 is 0 Å². The number of H-pyrrole nitrogens is 2. The van der Waals surface area contributed by atoms with E-state index in [9.17, 15) is 19.8 Å². The molecule has 0 atom stereocenters. The maximum Gasteiger partial charge on any atom is 2.00 e. The number of carbonyl (C=O) groups excluding carboxylic acids is 2. The van der Waals surface area contributed by atoms with Crippen molar-refractivity contribution >= 4 is 11.9 Å². The molecule has 0 radical (unpaired) electrons. The minimum atomic E-state index is -1.17. The Kier molecular flexibility index (Phi) is 6.47. The van der Waals surface area contributed by atoms with Gasteiger partial charge >= 0.3 is 17.1 Å². The predicted octanol–water partition coefficient (Wildman–Crippen LogP) is -1.25. The molecule has 0 aliphatic carbocycles. The molecule has 0 amide bonds. The molecule has 0 unspecified atom stereocenters.